The highest BCUT2D eigenvalue weighted by Crippen LogP contribution is 2.41. The van der Waals surface area contributed by atoms with Crippen LogP contribution in [0, 0.1) is 0 Å². The van der Waals surface area contributed by atoms with Crippen LogP contribution >= 0.6 is 11.8 Å². The van der Waals surface area contributed by atoms with Gasteiger partial charge in [0.1, 0.15) is 30.8 Å². The van der Waals surface area contributed by atoms with Crippen molar-refractivity contribution in [1.82, 2.24) is 10.2 Å². The second-order valence-electron chi connectivity index (χ2n) is 7.10. The lowest BCUT2D eigenvalue weighted by Crippen LogP contribution is -2.71. The first-order valence-corrected chi connectivity index (χ1v) is 11.1. The highest BCUT2D eigenvalue weighted by Gasteiger charge is 2.55. The van der Waals surface area contributed by atoms with E-state index in [1.165, 1.54) is 38.1 Å². The number of fused-ring (bicyclic) bond motifs is 1. The van der Waals surface area contributed by atoms with Crippen LogP contribution in [0.3, 0.4) is 0 Å². The van der Waals surface area contributed by atoms with Crippen molar-refractivity contribution in [3.05, 3.63) is 35.4 Å². The minimum Gasteiger partial charge on any atom is -0.462 e. The van der Waals surface area contributed by atoms with E-state index in [0.717, 1.165) is 11.8 Å². The maximum Gasteiger partial charge on any atom is 0.404 e. The van der Waals surface area contributed by atoms with Crippen molar-refractivity contribution in [2.24, 2.45) is 10.9 Å². The van der Waals surface area contributed by atoms with Gasteiger partial charge in [-0.05, 0) is 12.1 Å². The number of amides is 3. The molecule has 15 heteroatoms. The van der Waals surface area contributed by atoms with Gasteiger partial charge in [0.05, 0.1) is 6.26 Å². The van der Waals surface area contributed by atoms with Gasteiger partial charge in [0.15, 0.2) is 5.76 Å². The zero-order valence-electron chi connectivity index (χ0n) is 18.8. The summed E-state index contributed by atoms with van der Waals surface area (Å²) in [4.78, 5) is 66.7. The molecule has 1 aromatic heterocycles. The maximum atomic E-state index is 13.0. The molecule has 0 aliphatic carbocycles. The van der Waals surface area contributed by atoms with E-state index in [9.17, 15) is 24.0 Å². The van der Waals surface area contributed by atoms with Crippen LogP contribution in [0.1, 0.15) is 19.6 Å². The fourth-order valence-electron chi connectivity index (χ4n) is 3.32. The number of rotatable bonds is 9. The molecule has 188 valence electrons. The fraction of sp³-hybridized carbons (Fsp3) is 0.400. The highest BCUT2D eigenvalue weighted by atomic mass is 32.2. The summed E-state index contributed by atoms with van der Waals surface area (Å²) >= 11 is 1.21. The monoisotopic (exact) mass is 510 g/mol. The third-order valence-electron chi connectivity index (χ3n) is 4.67. The van der Waals surface area contributed by atoms with E-state index >= 15 is 0 Å². The zero-order valence-corrected chi connectivity index (χ0v) is 19.7. The second kappa shape index (κ2) is 10.9. The van der Waals surface area contributed by atoms with E-state index in [1.807, 2.05) is 0 Å². The quantitative estimate of drug-likeness (QED) is 0.147. The lowest BCUT2D eigenvalue weighted by atomic mass is 10.0. The molecule has 3 heterocycles. The Hall–Kier alpha value is -4.01. The number of carbonyl (C=O) groups is 5. The van der Waals surface area contributed by atoms with Crippen LogP contribution in [0.25, 0.3) is 0 Å². The van der Waals surface area contributed by atoms with E-state index in [2.05, 4.69) is 10.5 Å². The molecule has 0 radical (unpaired) electrons. The van der Waals surface area contributed by atoms with Gasteiger partial charge in [0, 0.05) is 25.2 Å². The Morgan fingerprint density at radius 3 is 2.69 bits per heavy atom. The molecule has 0 spiro atoms. The number of β-lactam (4-membered cyclic amide) rings is 1. The molecule has 0 saturated carbocycles. The van der Waals surface area contributed by atoms with Crippen molar-refractivity contribution < 1.29 is 47.4 Å². The van der Waals surface area contributed by atoms with Crippen LogP contribution in [0.4, 0.5) is 4.79 Å². The Kier molecular flexibility index (Phi) is 8.01. The summed E-state index contributed by atoms with van der Waals surface area (Å²) < 4.78 is 19.9. The van der Waals surface area contributed by atoms with Crippen molar-refractivity contribution in [3.8, 4) is 0 Å². The van der Waals surface area contributed by atoms with Gasteiger partial charge < -0.3 is 34.5 Å². The minimum atomic E-state index is -1.24. The van der Waals surface area contributed by atoms with Crippen molar-refractivity contribution in [2.45, 2.75) is 31.6 Å². The summed E-state index contributed by atoms with van der Waals surface area (Å²) in [6, 6.07) is 2.03. The van der Waals surface area contributed by atoms with Gasteiger partial charge in [-0.1, -0.05) is 5.16 Å². The number of nitrogens with two attached hydrogens (primary N) is 1. The number of ether oxygens (including phenoxy) is 3. The van der Waals surface area contributed by atoms with Crippen LogP contribution in [0.15, 0.2) is 39.2 Å². The number of nitrogens with one attached hydrogen (secondary N) is 1. The Balaban J connectivity index is 1.80. The molecule has 0 bridgehead atoms. The molecule has 2 unspecified atom stereocenters. The normalized spacial score (nSPS) is 20.3. The zero-order chi connectivity index (χ0) is 25.7. The van der Waals surface area contributed by atoms with Crippen LogP contribution < -0.4 is 11.1 Å². The van der Waals surface area contributed by atoms with E-state index in [4.69, 9.17) is 29.2 Å². The number of hydrogen-bond donors (Lipinski definition) is 2. The lowest BCUT2D eigenvalue weighted by Gasteiger charge is -2.49. The van der Waals surface area contributed by atoms with E-state index in [-0.39, 0.29) is 35.1 Å². The number of hydrogen-bond acceptors (Lipinski definition) is 12. The summed E-state index contributed by atoms with van der Waals surface area (Å²) in [5.74, 6) is -2.75. The molecule has 0 aromatic carbocycles. The molecule has 2 aliphatic rings. The second-order valence-corrected chi connectivity index (χ2v) is 8.21. The number of oxime groups is 1. The van der Waals surface area contributed by atoms with Crippen molar-refractivity contribution in [3.63, 3.8) is 0 Å². The van der Waals surface area contributed by atoms with Gasteiger partial charge in [-0.25, -0.2) is 9.59 Å². The Labute approximate surface area is 202 Å². The average Bonchev–Trinajstić information content (AvgIpc) is 3.32. The standard InChI is InChI=1S/C20H22N4O10S/c1-9(25)33-10(2)34-19(28)15-11(7-32-20(21)29)8-35-18-14(17(27)24(15)18)22-16(26)13(23-30-3)12-5-4-6-31-12/h4-6,10,14,18H,7-8H2,1-3H3,(H2,21,29)(H,22,26)/t10?,14-,18?/m0/s1. The minimum absolute atomic E-state index is 0.124. The van der Waals surface area contributed by atoms with Gasteiger partial charge >= 0.3 is 18.0 Å². The van der Waals surface area contributed by atoms with Crippen LogP contribution in [0.2, 0.25) is 0 Å². The van der Waals surface area contributed by atoms with E-state index < -0.39 is 47.6 Å². The molecule has 1 aromatic rings. The van der Waals surface area contributed by atoms with Crippen LogP contribution in [-0.4, -0.2) is 77.6 Å². The Morgan fingerprint density at radius 1 is 1.34 bits per heavy atom. The number of carbonyl (C=O) groups excluding carboxylic acids is 5. The SMILES string of the molecule is CON=C(C(=O)N[C@H]1C(=O)N2C(C(=O)OC(C)OC(C)=O)=C(COC(N)=O)CSC12)c1ccco1. The molecule has 2 aliphatic heterocycles. The lowest BCUT2D eigenvalue weighted by molar-refractivity contribution is -0.182. The first kappa shape index (κ1) is 25.6. The molecular weight excluding hydrogens is 488 g/mol. The van der Waals surface area contributed by atoms with Crippen LogP contribution in [-0.2, 0) is 38.2 Å². The van der Waals surface area contributed by atoms with Gasteiger partial charge in [-0.15, -0.1) is 11.8 Å². The Bertz CT molecular complexity index is 1080. The number of thioether (sulfide) groups is 1. The molecular formula is C20H22N4O10S. The first-order valence-electron chi connectivity index (χ1n) is 10.1. The molecule has 3 N–H and O–H groups in total. The van der Waals surface area contributed by atoms with Crippen LogP contribution in [0.5, 0.6) is 0 Å². The molecule has 3 atom stereocenters. The number of furan rings is 1. The molecule has 1 saturated heterocycles. The van der Waals surface area contributed by atoms with Gasteiger partial charge in [-0.2, -0.15) is 0 Å². The smallest absolute Gasteiger partial charge is 0.404 e. The summed E-state index contributed by atoms with van der Waals surface area (Å²) in [6.45, 7) is 2.09. The highest BCUT2D eigenvalue weighted by molar-refractivity contribution is 8.00. The molecule has 3 amide bonds. The first-order chi connectivity index (χ1) is 16.6. The molecule has 35 heavy (non-hydrogen) atoms. The van der Waals surface area contributed by atoms with Crippen molar-refractivity contribution in [1.29, 1.82) is 0 Å². The van der Waals surface area contributed by atoms with E-state index in [1.54, 1.807) is 6.07 Å². The van der Waals surface area contributed by atoms with Crippen molar-refractivity contribution >= 4 is 47.3 Å². The topological polar surface area (TPSA) is 189 Å². The fourth-order valence-corrected chi connectivity index (χ4v) is 4.65. The van der Waals surface area contributed by atoms with E-state index in [0.29, 0.717) is 0 Å². The predicted octanol–water partition coefficient (Wildman–Crippen LogP) is -0.168. The van der Waals surface area contributed by atoms with Gasteiger partial charge in [-0.3, -0.25) is 19.3 Å². The molecule has 1 fully saturated rings. The third kappa shape index (κ3) is 5.74. The predicted molar refractivity (Wildman–Crippen MR) is 117 cm³/mol. The van der Waals surface area contributed by atoms with Crippen molar-refractivity contribution in [2.75, 3.05) is 19.5 Å². The molecule has 3 rings (SSSR count). The summed E-state index contributed by atoms with van der Waals surface area (Å²) in [7, 11) is 1.25. The maximum absolute atomic E-state index is 13.0. The molecule has 14 nitrogen and oxygen atoms in total. The summed E-state index contributed by atoms with van der Waals surface area (Å²) in [6.07, 6.45) is -0.976. The number of esters is 2. The Morgan fingerprint density at radius 2 is 2.09 bits per heavy atom. The number of nitrogens with zero attached hydrogens (tertiary/aromatic N) is 2. The number of primary amides is 1. The summed E-state index contributed by atoms with van der Waals surface area (Å²) in [5, 5.41) is 5.53. The van der Waals surface area contributed by atoms with Gasteiger partial charge in [0.2, 0.25) is 12.0 Å². The largest absolute Gasteiger partial charge is 0.462 e. The third-order valence-corrected chi connectivity index (χ3v) is 6.01. The average molecular weight is 510 g/mol. The summed E-state index contributed by atoms with van der Waals surface area (Å²) in [5.41, 5.74) is 4.89. The van der Waals surface area contributed by atoms with Gasteiger partial charge in [0.25, 0.3) is 11.8 Å².